The SMILES string of the molecule is CCS(=O)(=O)N1C2CCCC1CC(CNc1nc(Nc3cc(C)n(C(=O)OC(C)(C)C)n3)cc(OCC3COC3)n1)C2. The minimum absolute atomic E-state index is 0.0510. The van der Waals surface area contributed by atoms with E-state index in [4.69, 9.17) is 14.2 Å². The summed E-state index contributed by atoms with van der Waals surface area (Å²) in [7, 11) is -3.22. The van der Waals surface area contributed by atoms with Crippen LogP contribution < -0.4 is 15.4 Å². The zero-order chi connectivity index (χ0) is 30.1. The third-order valence-electron chi connectivity index (χ3n) is 7.83. The molecule has 13 nitrogen and oxygen atoms in total. The first-order valence-electron chi connectivity index (χ1n) is 14.8. The summed E-state index contributed by atoms with van der Waals surface area (Å²) in [4.78, 5) is 21.8. The van der Waals surface area contributed by atoms with Gasteiger partial charge in [0.05, 0.1) is 25.6 Å². The van der Waals surface area contributed by atoms with Crippen LogP contribution in [-0.4, -0.2) is 88.4 Å². The lowest BCUT2D eigenvalue weighted by Gasteiger charge is -2.47. The van der Waals surface area contributed by atoms with E-state index in [2.05, 4.69) is 25.7 Å². The summed E-state index contributed by atoms with van der Waals surface area (Å²) in [6.07, 6.45) is 3.94. The van der Waals surface area contributed by atoms with E-state index in [0.717, 1.165) is 32.1 Å². The van der Waals surface area contributed by atoms with Gasteiger partial charge in [-0.05, 0) is 66.2 Å². The van der Waals surface area contributed by atoms with Crippen LogP contribution in [0.15, 0.2) is 12.1 Å². The monoisotopic (exact) mass is 605 g/mol. The molecule has 232 valence electrons. The first kappa shape index (κ1) is 30.5. The van der Waals surface area contributed by atoms with E-state index in [1.54, 1.807) is 51.1 Å². The highest BCUT2D eigenvalue weighted by atomic mass is 32.2. The lowest BCUT2D eigenvalue weighted by atomic mass is 9.80. The number of aromatic nitrogens is 4. The number of hydrogen-bond donors (Lipinski definition) is 2. The van der Waals surface area contributed by atoms with Crippen molar-refractivity contribution in [1.82, 2.24) is 24.1 Å². The Hall–Kier alpha value is -2.97. The standard InChI is InChI=1S/C28H43N7O6S/c1-6-42(37,38)35-21-8-7-9-22(35)12-19(11-21)14-29-26-31-23(13-25(32-26)40-17-20-15-39-16-20)30-24-10-18(2)34(33-24)27(36)41-28(3,4)5/h10,13,19-22H,6-9,11-12,14-17H2,1-5H3,(H2,29,30,31,32,33). The summed E-state index contributed by atoms with van der Waals surface area (Å²) in [5, 5.41) is 10.9. The number of ether oxygens (including phenoxy) is 3. The lowest BCUT2D eigenvalue weighted by molar-refractivity contribution is -0.0514. The molecule has 0 amide bonds. The predicted molar refractivity (Wildman–Crippen MR) is 158 cm³/mol. The van der Waals surface area contributed by atoms with Crippen LogP contribution in [0, 0.1) is 18.8 Å². The number of nitrogens with one attached hydrogen (secondary N) is 2. The summed E-state index contributed by atoms with van der Waals surface area (Å²) in [6, 6.07) is 3.54. The maximum absolute atomic E-state index is 12.8. The summed E-state index contributed by atoms with van der Waals surface area (Å²) < 4.78 is 45.2. The zero-order valence-corrected chi connectivity index (χ0v) is 25.9. The fraction of sp³-hybridized carbons (Fsp3) is 0.714. The second-order valence-corrected chi connectivity index (χ2v) is 14.7. The van der Waals surface area contributed by atoms with Crippen LogP contribution in [-0.2, 0) is 19.5 Å². The van der Waals surface area contributed by atoms with Crippen LogP contribution in [0.5, 0.6) is 5.88 Å². The fourth-order valence-electron chi connectivity index (χ4n) is 5.84. The number of carbonyl (C=O) groups excluding carboxylic acids is 1. The van der Waals surface area contributed by atoms with Crippen molar-refractivity contribution in [1.29, 1.82) is 0 Å². The molecule has 3 aliphatic rings. The Morgan fingerprint density at radius 1 is 1.10 bits per heavy atom. The van der Waals surface area contributed by atoms with Gasteiger partial charge < -0.3 is 24.8 Å². The fourth-order valence-corrected chi connectivity index (χ4v) is 7.43. The van der Waals surface area contributed by atoms with Gasteiger partial charge >= 0.3 is 6.09 Å². The predicted octanol–water partition coefficient (Wildman–Crippen LogP) is 3.93. The molecule has 0 aliphatic carbocycles. The van der Waals surface area contributed by atoms with Gasteiger partial charge in [0.1, 0.15) is 11.4 Å². The van der Waals surface area contributed by atoms with Crippen molar-refractivity contribution in [3.63, 3.8) is 0 Å². The molecule has 0 saturated carbocycles. The minimum atomic E-state index is -3.22. The highest BCUT2D eigenvalue weighted by molar-refractivity contribution is 7.89. The van der Waals surface area contributed by atoms with Crippen LogP contribution in [0.1, 0.15) is 65.5 Å². The third kappa shape index (κ3) is 7.32. The highest BCUT2D eigenvalue weighted by Gasteiger charge is 2.43. The number of fused-ring (bicyclic) bond motifs is 2. The van der Waals surface area contributed by atoms with Crippen molar-refractivity contribution in [2.24, 2.45) is 11.8 Å². The van der Waals surface area contributed by atoms with Gasteiger partial charge in [-0.2, -0.15) is 19.0 Å². The summed E-state index contributed by atoms with van der Waals surface area (Å²) in [5.74, 6) is 2.46. The van der Waals surface area contributed by atoms with Crippen LogP contribution in [0.4, 0.5) is 22.4 Å². The molecular weight excluding hydrogens is 562 g/mol. The molecule has 42 heavy (non-hydrogen) atoms. The first-order valence-corrected chi connectivity index (χ1v) is 16.4. The highest BCUT2D eigenvalue weighted by Crippen LogP contribution is 2.39. The summed E-state index contributed by atoms with van der Waals surface area (Å²) in [6.45, 7) is 11.3. The van der Waals surface area contributed by atoms with E-state index in [-0.39, 0.29) is 17.8 Å². The smallest absolute Gasteiger partial charge is 0.435 e. The maximum Gasteiger partial charge on any atom is 0.435 e. The largest absolute Gasteiger partial charge is 0.477 e. The van der Waals surface area contributed by atoms with Gasteiger partial charge in [0.25, 0.3) is 0 Å². The first-order chi connectivity index (χ1) is 19.9. The molecule has 0 radical (unpaired) electrons. The van der Waals surface area contributed by atoms with E-state index in [9.17, 15) is 13.2 Å². The molecule has 0 spiro atoms. The number of sulfonamides is 1. The van der Waals surface area contributed by atoms with Gasteiger partial charge in [0, 0.05) is 42.4 Å². The molecule has 5 rings (SSSR count). The summed E-state index contributed by atoms with van der Waals surface area (Å²) in [5.41, 5.74) is -0.0318. The van der Waals surface area contributed by atoms with Crippen LogP contribution >= 0.6 is 0 Å². The Kier molecular flexibility index (Phi) is 8.95. The van der Waals surface area contributed by atoms with Crippen molar-refractivity contribution in [2.45, 2.75) is 84.4 Å². The van der Waals surface area contributed by atoms with Crippen molar-refractivity contribution >= 4 is 33.7 Å². The molecule has 3 saturated heterocycles. The number of nitrogens with zero attached hydrogens (tertiary/aromatic N) is 5. The van der Waals surface area contributed by atoms with Crippen LogP contribution in [0.25, 0.3) is 0 Å². The van der Waals surface area contributed by atoms with Gasteiger partial charge in [-0.15, -0.1) is 5.10 Å². The van der Waals surface area contributed by atoms with E-state index < -0.39 is 21.7 Å². The van der Waals surface area contributed by atoms with Gasteiger partial charge in [0.15, 0.2) is 5.82 Å². The molecule has 14 heteroatoms. The number of anilines is 3. The molecule has 2 aromatic heterocycles. The molecular formula is C28H43N7O6S. The molecule has 2 aromatic rings. The zero-order valence-electron chi connectivity index (χ0n) is 25.1. The molecule has 5 heterocycles. The van der Waals surface area contributed by atoms with Crippen molar-refractivity contribution in [3.05, 3.63) is 17.8 Å². The van der Waals surface area contributed by atoms with Crippen LogP contribution in [0.2, 0.25) is 0 Å². The number of hydrogen-bond acceptors (Lipinski definition) is 11. The van der Waals surface area contributed by atoms with Gasteiger partial charge in [-0.1, -0.05) is 6.42 Å². The molecule has 2 bridgehead atoms. The lowest BCUT2D eigenvalue weighted by Crippen LogP contribution is -2.55. The Labute approximate surface area is 247 Å². The topological polar surface area (TPSA) is 150 Å². The second-order valence-electron chi connectivity index (χ2n) is 12.5. The van der Waals surface area contributed by atoms with E-state index >= 15 is 0 Å². The second kappa shape index (κ2) is 12.3. The normalized spacial score (nSPS) is 23.2. The van der Waals surface area contributed by atoms with Crippen molar-refractivity contribution in [2.75, 3.05) is 42.8 Å². The average molecular weight is 606 g/mol. The molecule has 2 unspecified atom stereocenters. The average Bonchev–Trinajstić information content (AvgIpc) is 3.24. The summed E-state index contributed by atoms with van der Waals surface area (Å²) >= 11 is 0. The number of rotatable bonds is 10. The van der Waals surface area contributed by atoms with Crippen molar-refractivity contribution < 1.29 is 27.4 Å². The Morgan fingerprint density at radius 2 is 1.81 bits per heavy atom. The van der Waals surface area contributed by atoms with Gasteiger partial charge in [-0.25, -0.2) is 13.2 Å². The van der Waals surface area contributed by atoms with Gasteiger partial charge in [-0.3, -0.25) is 0 Å². The maximum atomic E-state index is 12.8. The third-order valence-corrected chi connectivity index (χ3v) is 9.80. The minimum Gasteiger partial charge on any atom is -0.477 e. The molecule has 2 atom stereocenters. The Morgan fingerprint density at radius 3 is 2.43 bits per heavy atom. The molecule has 2 N–H and O–H groups in total. The van der Waals surface area contributed by atoms with Gasteiger partial charge in [0.2, 0.25) is 21.9 Å². The number of aryl methyl sites for hydroxylation is 1. The van der Waals surface area contributed by atoms with Crippen molar-refractivity contribution in [3.8, 4) is 5.88 Å². The Bertz CT molecular complexity index is 1360. The van der Waals surface area contributed by atoms with Crippen LogP contribution in [0.3, 0.4) is 0 Å². The molecule has 3 fully saturated rings. The van der Waals surface area contributed by atoms with E-state index in [0.29, 0.717) is 67.4 Å². The number of piperidine rings is 2. The quantitative estimate of drug-likeness (QED) is 0.406. The molecule has 0 aromatic carbocycles. The Balaban J connectivity index is 1.29. The van der Waals surface area contributed by atoms with E-state index in [1.807, 2.05) is 0 Å². The number of carbonyl (C=O) groups is 1. The molecule has 3 aliphatic heterocycles. The van der Waals surface area contributed by atoms with E-state index in [1.165, 1.54) is 4.68 Å².